The van der Waals surface area contributed by atoms with Crippen LogP contribution in [0.1, 0.15) is 29.7 Å². The van der Waals surface area contributed by atoms with Crippen LogP contribution in [-0.4, -0.2) is 11.5 Å². The number of rotatable bonds is 5. The third-order valence-electron chi connectivity index (χ3n) is 3.11. The normalized spacial score (nSPS) is 12.4. The second-order valence-corrected chi connectivity index (χ2v) is 5.65. The third kappa shape index (κ3) is 4.15. The van der Waals surface area contributed by atoms with Gasteiger partial charge in [0.2, 0.25) is 0 Å². The summed E-state index contributed by atoms with van der Waals surface area (Å²) >= 11 is 3.58. The SMILES string of the molecule is CCNC(Cc1ccncc1)c1cc(C)cc(Br)c1. The van der Waals surface area contributed by atoms with Gasteiger partial charge >= 0.3 is 0 Å². The molecule has 3 heteroatoms. The Balaban J connectivity index is 2.24. The quantitative estimate of drug-likeness (QED) is 0.899. The standard InChI is InChI=1S/C16H19BrN2/c1-3-19-16(10-13-4-6-18-7-5-13)14-8-12(2)9-15(17)11-14/h4-9,11,16,19H,3,10H2,1-2H3. The van der Waals surface area contributed by atoms with E-state index in [0.717, 1.165) is 17.4 Å². The second kappa shape index (κ2) is 6.83. The van der Waals surface area contributed by atoms with Gasteiger partial charge < -0.3 is 5.32 Å². The Morgan fingerprint density at radius 1 is 1.21 bits per heavy atom. The molecule has 2 aromatic rings. The number of hydrogen-bond acceptors (Lipinski definition) is 2. The van der Waals surface area contributed by atoms with Gasteiger partial charge in [-0.15, -0.1) is 0 Å². The molecule has 0 aliphatic heterocycles. The van der Waals surface area contributed by atoms with Crippen molar-refractivity contribution in [3.05, 3.63) is 63.9 Å². The van der Waals surface area contributed by atoms with Gasteiger partial charge in [-0.2, -0.15) is 0 Å². The molecule has 0 bridgehead atoms. The van der Waals surface area contributed by atoms with Gasteiger partial charge in [-0.05, 0) is 60.8 Å². The summed E-state index contributed by atoms with van der Waals surface area (Å²) in [5.41, 5.74) is 3.91. The predicted octanol–water partition coefficient (Wildman–Crippen LogP) is 4.05. The fourth-order valence-electron chi connectivity index (χ4n) is 2.27. The van der Waals surface area contributed by atoms with Gasteiger partial charge in [0.25, 0.3) is 0 Å². The molecule has 2 nitrogen and oxygen atoms in total. The molecule has 1 atom stereocenters. The molecule has 19 heavy (non-hydrogen) atoms. The number of aromatic nitrogens is 1. The van der Waals surface area contributed by atoms with E-state index in [1.165, 1.54) is 16.7 Å². The van der Waals surface area contributed by atoms with Gasteiger partial charge in [-0.3, -0.25) is 4.98 Å². The molecule has 0 aliphatic rings. The number of nitrogens with one attached hydrogen (secondary N) is 1. The summed E-state index contributed by atoms with van der Waals surface area (Å²) in [5.74, 6) is 0. The highest BCUT2D eigenvalue weighted by Crippen LogP contribution is 2.23. The van der Waals surface area contributed by atoms with E-state index in [1.807, 2.05) is 12.4 Å². The Kier molecular flexibility index (Phi) is 5.11. The smallest absolute Gasteiger partial charge is 0.0361 e. The van der Waals surface area contributed by atoms with Gasteiger partial charge in [0.05, 0.1) is 0 Å². The number of aryl methyl sites for hydroxylation is 1. The summed E-state index contributed by atoms with van der Waals surface area (Å²) in [5, 5.41) is 3.56. The Morgan fingerprint density at radius 2 is 1.95 bits per heavy atom. The number of pyridine rings is 1. The molecule has 1 aromatic carbocycles. The molecule has 0 saturated heterocycles. The van der Waals surface area contributed by atoms with Gasteiger partial charge in [0.1, 0.15) is 0 Å². The zero-order chi connectivity index (χ0) is 13.7. The maximum absolute atomic E-state index is 4.07. The Morgan fingerprint density at radius 3 is 2.58 bits per heavy atom. The highest BCUT2D eigenvalue weighted by atomic mass is 79.9. The van der Waals surface area contributed by atoms with Crippen molar-refractivity contribution < 1.29 is 0 Å². The first-order chi connectivity index (χ1) is 9.19. The van der Waals surface area contributed by atoms with E-state index >= 15 is 0 Å². The van der Waals surface area contributed by atoms with Crippen LogP contribution in [0.25, 0.3) is 0 Å². The van der Waals surface area contributed by atoms with E-state index in [1.54, 1.807) is 0 Å². The second-order valence-electron chi connectivity index (χ2n) is 4.73. The maximum Gasteiger partial charge on any atom is 0.0361 e. The molecule has 1 aromatic heterocycles. The molecule has 1 unspecified atom stereocenters. The van der Waals surface area contributed by atoms with Crippen LogP contribution in [0.15, 0.2) is 47.2 Å². The van der Waals surface area contributed by atoms with Crippen molar-refractivity contribution in [2.45, 2.75) is 26.3 Å². The van der Waals surface area contributed by atoms with E-state index in [9.17, 15) is 0 Å². The van der Waals surface area contributed by atoms with E-state index in [2.05, 4.69) is 70.4 Å². The van der Waals surface area contributed by atoms with Crippen LogP contribution >= 0.6 is 15.9 Å². The highest BCUT2D eigenvalue weighted by molar-refractivity contribution is 9.10. The summed E-state index contributed by atoms with van der Waals surface area (Å²) in [7, 11) is 0. The van der Waals surface area contributed by atoms with Crippen molar-refractivity contribution in [1.82, 2.24) is 10.3 Å². The Bertz CT molecular complexity index is 505. The summed E-state index contributed by atoms with van der Waals surface area (Å²) in [6, 6.07) is 11.1. The number of benzene rings is 1. The average Bonchev–Trinajstić information content (AvgIpc) is 2.38. The monoisotopic (exact) mass is 318 g/mol. The van der Waals surface area contributed by atoms with Gasteiger partial charge in [-0.25, -0.2) is 0 Å². The molecule has 0 radical (unpaired) electrons. The lowest BCUT2D eigenvalue weighted by atomic mass is 9.98. The van der Waals surface area contributed by atoms with Gasteiger partial charge in [0.15, 0.2) is 0 Å². The number of halogens is 1. The zero-order valence-electron chi connectivity index (χ0n) is 11.4. The average molecular weight is 319 g/mol. The molecule has 100 valence electrons. The summed E-state index contributed by atoms with van der Waals surface area (Å²) in [4.78, 5) is 4.07. The number of nitrogens with zero attached hydrogens (tertiary/aromatic N) is 1. The Labute approximate surface area is 123 Å². The summed E-state index contributed by atoms with van der Waals surface area (Å²) in [6.45, 7) is 5.23. The van der Waals surface area contributed by atoms with Crippen LogP contribution in [0.3, 0.4) is 0 Å². The molecule has 0 amide bonds. The minimum Gasteiger partial charge on any atom is -0.310 e. The van der Waals surface area contributed by atoms with Crippen LogP contribution in [0.5, 0.6) is 0 Å². The lowest BCUT2D eigenvalue weighted by Gasteiger charge is -2.19. The van der Waals surface area contributed by atoms with E-state index in [-0.39, 0.29) is 0 Å². The van der Waals surface area contributed by atoms with Crippen molar-refractivity contribution in [3.63, 3.8) is 0 Å². The first kappa shape index (κ1) is 14.2. The molecule has 1 N–H and O–H groups in total. The molecular formula is C16H19BrN2. The van der Waals surface area contributed by atoms with Crippen LogP contribution in [-0.2, 0) is 6.42 Å². The minimum atomic E-state index is 0.337. The molecule has 0 fully saturated rings. The van der Waals surface area contributed by atoms with Crippen molar-refractivity contribution in [2.24, 2.45) is 0 Å². The van der Waals surface area contributed by atoms with Crippen LogP contribution in [0.2, 0.25) is 0 Å². The van der Waals surface area contributed by atoms with E-state index < -0.39 is 0 Å². The van der Waals surface area contributed by atoms with Crippen LogP contribution in [0, 0.1) is 6.92 Å². The minimum absolute atomic E-state index is 0.337. The van der Waals surface area contributed by atoms with Gasteiger partial charge in [0, 0.05) is 22.9 Å². The molecule has 2 rings (SSSR count). The highest BCUT2D eigenvalue weighted by Gasteiger charge is 2.12. The molecule has 1 heterocycles. The molecule has 0 aliphatic carbocycles. The number of hydrogen-bond donors (Lipinski definition) is 1. The van der Waals surface area contributed by atoms with Crippen molar-refractivity contribution >= 4 is 15.9 Å². The van der Waals surface area contributed by atoms with E-state index in [4.69, 9.17) is 0 Å². The molecular weight excluding hydrogens is 300 g/mol. The number of likely N-dealkylation sites (N-methyl/N-ethyl adjacent to an activating group) is 1. The Hall–Kier alpha value is -1.19. The van der Waals surface area contributed by atoms with Gasteiger partial charge in [-0.1, -0.05) is 28.9 Å². The van der Waals surface area contributed by atoms with Crippen molar-refractivity contribution in [2.75, 3.05) is 6.54 Å². The van der Waals surface area contributed by atoms with Crippen molar-refractivity contribution in [1.29, 1.82) is 0 Å². The maximum atomic E-state index is 4.07. The zero-order valence-corrected chi connectivity index (χ0v) is 12.9. The van der Waals surface area contributed by atoms with Crippen molar-refractivity contribution in [3.8, 4) is 0 Å². The predicted molar refractivity (Wildman–Crippen MR) is 83.2 cm³/mol. The largest absolute Gasteiger partial charge is 0.310 e. The lowest BCUT2D eigenvalue weighted by Crippen LogP contribution is -2.23. The topological polar surface area (TPSA) is 24.9 Å². The van der Waals surface area contributed by atoms with Crippen LogP contribution in [0.4, 0.5) is 0 Å². The lowest BCUT2D eigenvalue weighted by molar-refractivity contribution is 0.549. The third-order valence-corrected chi connectivity index (χ3v) is 3.56. The first-order valence-corrected chi connectivity index (χ1v) is 7.37. The summed E-state index contributed by atoms with van der Waals surface area (Å²) < 4.78 is 1.14. The fourth-order valence-corrected chi connectivity index (χ4v) is 2.90. The van der Waals surface area contributed by atoms with E-state index in [0.29, 0.717) is 6.04 Å². The molecule has 0 saturated carbocycles. The fraction of sp³-hybridized carbons (Fsp3) is 0.312. The van der Waals surface area contributed by atoms with Crippen LogP contribution < -0.4 is 5.32 Å². The molecule has 0 spiro atoms. The first-order valence-electron chi connectivity index (χ1n) is 6.58. The summed E-state index contributed by atoms with van der Waals surface area (Å²) in [6.07, 6.45) is 4.68.